The van der Waals surface area contributed by atoms with Crippen LogP contribution < -0.4 is 0 Å². The SMILES string of the molecule is CCCCc1cc(C)cc(Cc2cc(C)cc(C(C)(C)C)c2O)c1O. The summed E-state index contributed by atoms with van der Waals surface area (Å²) in [6.45, 7) is 12.6. The summed E-state index contributed by atoms with van der Waals surface area (Å²) >= 11 is 0. The molecule has 0 aromatic heterocycles. The molecule has 0 unspecified atom stereocenters. The zero-order valence-electron chi connectivity index (χ0n) is 16.5. The predicted molar refractivity (Wildman–Crippen MR) is 106 cm³/mol. The van der Waals surface area contributed by atoms with E-state index in [0.29, 0.717) is 17.9 Å². The van der Waals surface area contributed by atoms with Gasteiger partial charge in [-0.25, -0.2) is 0 Å². The molecule has 2 nitrogen and oxygen atoms in total. The number of hydrogen-bond donors (Lipinski definition) is 2. The van der Waals surface area contributed by atoms with Gasteiger partial charge < -0.3 is 10.2 Å². The van der Waals surface area contributed by atoms with Crippen LogP contribution in [0.1, 0.15) is 73.9 Å². The Kier molecular flexibility index (Phi) is 5.82. The third kappa shape index (κ3) is 4.56. The number of benzene rings is 2. The van der Waals surface area contributed by atoms with Crippen molar-refractivity contribution in [2.45, 2.75) is 72.6 Å². The molecule has 0 saturated heterocycles. The predicted octanol–water partition coefficient (Wildman–Crippen LogP) is 5.95. The van der Waals surface area contributed by atoms with Gasteiger partial charge in [0.25, 0.3) is 0 Å². The fourth-order valence-electron chi connectivity index (χ4n) is 3.39. The zero-order valence-corrected chi connectivity index (χ0v) is 16.5. The molecule has 0 fully saturated rings. The second-order valence-electron chi connectivity index (χ2n) is 8.28. The van der Waals surface area contributed by atoms with Crippen molar-refractivity contribution >= 4 is 0 Å². The van der Waals surface area contributed by atoms with Gasteiger partial charge in [0, 0.05) is 6.42 Å². The van der Waals surface area contributed by atoms with Gasteiger partial charge in [-0.3, -0.25) is 0 Å². The summed E-state index contributed by atoms with van der Waals surface area (Å²) in [5.74, 6) is 0.742. The van der Waals surface area contributed by atoms with Gasteiger partial charge in [0.2, 0.25) is 0 Å². The standard InChI is InChI=1S/C23H32O2/c1-7-8-9-17-10-15(2)11-18(21(17)24)14-19-12-16(3)13-20(22(19)25)23(4,5)6/h10-13,24-25H,7-9,14H2,1-6H3. The molecule has 2 N–H and O–H groups in total. The van der Waals surface area contributed by atoms with E-state index in [1.807, 2.05) is 12.1 Å². The van der Waals surface area contributed by atoms with Gasteiger partial charge in [-0.1, -0.05) is 69.5 Å². The Labute approximate surface area is 152 Å². The van der Waals surface area contributed by atoms with Crippen LogP contribution in [0.15, 0.2) is 24.3 Å². The Balaban J connectivity index is 2.47. The highest BCUT2D eigenvalue weighted by molar-refractivity contribution is 5.52. The van der Waals surface area contributed by atoms with Crippen LogP contribution in [-0.2, 0) is 18.3 Å². The monoisotopic (exact) mass is 340 g/mol. The van der Waals surface area contributed by atoms with Crippen LogP contribution in [0.2, 0.25) is 0 Å². The molecule has 2 aromatic carbocycles. The highest BCUT2D eigenvalue weighted by Gasteiger charge is 2.21. The largest absolute Gasteiger partial charge is 0.507 e. The van der Waals surface area contributed by atoms with Crippen molar-refractivity contribution in [3.63, 3.8) is 0 Å². The fourth-order valence-corrected chi connectivity index (χ4v) is 3.39. The summed E-state index contributed by atoms with van der Waals surface area (Å²) in [5, 5.41) is 21.5. The molecule has 2 heteroatoms. The number of aryl methyl sites for hydroxylation is 3. The molecular weight excluding hydrogens is 308 g/mol. The van der Waals surface area contributed by atoms with E-state index in [1.165, 1.54) is 0 Å². The third-order valence-electron chi connectivity index (χ3n) is 4.73. The first-order chi connectivity index (χ1) is 11.6. The maximum atomic E-state index is 10.8. The van der Waals surface area contributed by atoms with E-state index < -0.39 is 0 Å². The molecule has 0 heterocycles. The van der Waals surface area contributed by atoms with Crippen molar-refractivity contribution in [2.24, 2.45) is 0 Å². The van der Waals surface area contributed by atoms with E-state index >= 15 is 0 Å². The van der Waals surface area contributed by atoms with E-state index in [1.54, 1.807) is 0 Å². The summed E-state index contributed by atoms with van der Waals surface area (Å²) in [6.07, 6.45) is 3.62. The van der Waals surface area contributed by atoms with Crippen molar-refractivity contribution in [3.8, 4) is 11.5 Å². The maximum Gasteiger partial charge on any atom is 0.122 e. The van der Waals surface area contributed by atoms with Crippen molar-refractivity contribution in [1.82, 2.24) is 0 Å². The smallest absolute Gasteiger partial charge is 0.122 e. The molecule has 0 bridgehead atoms. The topological polar surface area (TPSA) is 40.5 Å². The fraction of sp³-hybridized carbons (Fsp3) is 0.478. The molecule has 0 aliphatic rings. The van der Waals surface area contributed by atoms with E-state index in [9.17, 15) is 10.2 Å². The molecule has 0 amide bonds. The van der Waals surface area contributed by atoms with E-state index in [-0.39, 0.29) is 5.41 Å². The van der Waals surface area contributed by atoms with Crippen molar-refractivity contribution < 1.29 is 10.2 Å². The first-order valence-corrected chi connectivity index (χ1v) is 9.27. The highest BCUT2D eigenvalue weighted by atomic mass is 16.3. The Bertz CT molecular complexity index is 752. The van der Waals surface area contributed by atoms with Crippen LogP contribution in [0.25, 0.3) is 0 Å². The van der Waals surface area contributed by atoms with Gasteiger partial charge >= 0.3 is 0 Å². The van der Waals surface area contributed by atoms with Gasteiger partial charge in [0.15, 0.2) is 0 Å². The van der Waals surface area contributed by atoms with Crippen LogP contribution in [-0.4, -0.2) is 10.2 Å². The Morgan fingerprint density at radius 1 is 0.800 bits per heavy atom. The molecule has 0 spiro atoms. The number of aromatic hydroxyl groups is 2. The second-order valence-corrected chi connectivity index (χ2v) is 8.28. The van der Waals surface area contributed by atoms with E-state index in [4.69, 9.17) is 0 Å². The summed E-state index contributed by atoms with van der Waals surface area (Å²) in [5.41, 5.74) is 5.92. The average Bonchev–Trinajstić information content (AvgIpc) is 2.51. The van der Waals surface area contributed by atoms with Crippen LogP contribution in [0, 0.1) is 13.8 Å². The molecule has 0 radical (unpaired) electrons. The number of phenolic OH excluding ortho intramolecular Hbond substituents is 2. The van der Waals surface area contributed by atoms with Crippen molar-refractivity contribution in [2.75, 3.05) is 0 Å². The van der Waals surface area contributed by atoms with Crippen molar-refractivity contribution in [1.29, 1.82) is 0 Å². The number of unbranched alkanes of at least 4 members (excludes halogenated alkanes) is 1. The van der Waals surface area contributed by atoms with Gasteiger partial charge in [-0.2, -0.15) is 0 Å². The molecule has 2 aromatic rings. The lowest BCUT2D eigenvalue weighted by molar-refractivity contribution is 0.439. The summed E-state index contributed by atoms with van der Waals surface area (Å²) < 4.78 is 0. The average molecular weight is 341 g/mol. The highest BCUT2D eigenvalue weighted by Crippen LogP contribution is 2.37. The van der Waals surface area contributed by atoms with Crippen LogP contribution >= 0.6 is 0 Å². The van der Waals surface area contributed by atoms with Crippen LogP contribution in [0.4, 0.5) is 0 Å². The number of phenols is 2. The second kappa shape index (κ2) is 7.51. The number of hydrogen-bond acceptors (Lipinski definition) is 2. The summed E-state index contributed by atoms with van der Waals surface area (Å²) in [4.78, 5) is 0. The van der Waals surface area contributed by atoms with Crippen LogP contribution in [0.3, 0.4) is 0 Å². The minimum absolute atomic E-state index is 0.119. The Hall–Kier alpha value is -1.96. The Morgan fingerprint density at radius 2 is 1.32 bits per heavy atom. The summed E-state index contributed by atoms with van der Waals surface area (Å²) in [7, 11) is 0. The van der Waals surface area contributed by atoms with Crippen LogP contribution in [0.5, 0.6) is 11.5 Å². The van der Waals surface area contributed by atoms with Gasteiger partial charge in [0.1, 0.15) is 11.5 Å². The van der Waals surface area contributed by atoms with E-state index in [2.05, 4.69) is 53.7 Å². The Morgan fingerprint density at radius 3 is 1.88 bits per heavy atom. The lowest BCUT2D eigenvalue weighted by atomic mass is 9.83. The van der Waals surface area contributed by atoms with Crippen molar-refractivity contribution in [3.05, 3.63) is 57.6 Å². The minimum atomic E-state index is -0.119. The van der Waals surface area contributed by atoms with Gasteiger partial charge in [0.05, 0.1) is 0 Å². The molecule has 0 aliphatic heterocycles. The molecule has 2 rings (SSSR count). The van der Waals surface area contributed by atoms with Gasteiger partial charge in [-0.05, 0) is 54.4 Å². The lowest BCUT2D eigenvalue weighted by Gasteiger charge is -2.23. The molecule has 136 valence electrons. The molecular formula is C23H32O2. The molecule has 25 heavy (non-hydrogen) atoms. The molecule has 0 saturated carbocycles. The number of rotatable bonds is 5. The molecule has 0 aliphatic carbocycles. The zero-order chi connectivity index (χ0) is 18.8. The molecule has 0 atom stereocenters. The van der Waals surface area contributed by atoms with E-state index in [0.717, 1.165) is 52.6 Å². The van der Waals surface area contributed by atoms with Gasteiger partial charge in [-0.15, -0.1) is 0 Å². The first-order valence-electron chi connectivity index (χ1n) is 9.27. The quantitative estimate of drug-likeness (QED) is 0.706. The third-order valence-corrected chi connectivity index (χ3v) is 4.73. The normalized spacial score (nSPS) is 11.8. The lowest BCUT2D eigenvalue weighted by Crippen LogP contribution is -2.12. The maximum absolute atomic E-state index is 10.8. The first kappa shape index (κ1) is 19.4. The minimum Gasteiger partial charge on any atom is -0.507 e. The summed E-state index contributed by atoms with van der Waals surface area (Å²) in [6, 6.07) is 8.19.